The van der Waals surface area contributed by atoms with Crippen LogP contribution in [0.1, 0.15) is 78.6 Å². The molecule has 3 atom stereocenters. The number of alkyl halides is 2. The van der Waals surface area contributed by atoms with Gasteiger partial charge >= 0.3 is 6.09 Å². The van der Waals surface area contributed by atoms with Crippen molar-refractivity contribution in [1.82, 2.24) is 9.80 Å². The molecule has 4 saturated heterocycles. The molecular formula is C28H44F2N2O4. The number of rotatable bonds is 9. The molecule has 4 heterocycles. The van der Waals surface area contributed by atoms with Crippen molar-refractivity contribution in [3.05, 3.63) is 11.6 Å². The number of nitrogens with zero attached hydrogens (tertiary/aromatic N) is 2. The van der Waals surface area contributed by atoms with Crippen molar-refractivity contribution in [1.29, 1.82) is 0 Å². The minimum atomic E-state index is -2.23. The number of epoxide rings is 2. The van der Waals surface area contributed by atoms with Crippen LogP contribution < -0.4 is 0 Å². The smallest absolute Gasteiger partial charge is 0.410 e. The fourth-order valence-corrected chi connectivity index (χ4v) is 6.79. The van der Waals surface area contributed by atoms with Gasteiger partial charge in [0.15, 0.2) is 0 Å². The molecule has 1 unspecified atom stereocenters. The minimum Gasteiger partial charge on any atom is -0.446 e. The second-order valence-electron chi connectivity index (χ2n) is 12.4. The van der Waals surface area contributed by atoms with Gasteiger partial charge in [0, 0.05) is 13.1 Å². The van der Waals surface area contributed by atoms with Crippen LogP contribution in [-0.4, -0.2) is 84.6 Å². The number of carbonyl (C=O) groups is 1. The van der Waals surface area contributed by atoms with E-state index in [1.54, 1.807) is 0 Å². The maximum atomic E-state index is 12.6. The van der Waals surface area contributed by atoms with E-state index in [-0.39, 0.29) is 42.2 Å². The van der Waals surface area contributed by atoms with Gasteiger partial charge < -0.3 is 19.1 Å². The molecule has 0 aromatic heterocycles. The fraction of sp³-hybridized carbons (Fsp3) is 0.893. The Morgan fingerprint density at radius 1 is 1.06 bits per heavy atom. The van der Waals surface area contributed by atoms with Crippen LogP contribution in [-0.2, 0) is 14.2 Å². The van der Waals surface area contributed by atoms with Crippen molar-refractivity contribution in [3.8, 4) is 0 Å². The lowest BCUT2D eigenvalue weighted by atomic mass is 9.80. The van der Waals surface area contributed by atoms with Gasteiger partial charge in [-0.2, -0.15) is 0 Å². The van der Waals surface area contributed by atoms with Gasteiger partial charge in [-0.15, -0.1) is 0 Å². The molecule has 4 aliphatic heterocycles. The SMILES string of the molecule is CC(C)=CC[C@H]1O[C@@]1(C)C1OC12CCC(OC(=O)N1CC(CCC3CCN(CC(F)F)CC3)C1)CC2. The highest BCUT2D eigenvalue weighted by molar-refractivity contribution is 5.68. The van der Waals surface area contributed by atoms with Crippen molar-refractivity contribution in [2.45, 2.75) is 114 Å². The molecule has 1 spiro atoms. The lowest BCUT2D eigenvalue weighted by molar-refractivity contribution is 0.00473. The van der Waals surface area contributed by atoms with E-state index in [2.05, 4.69) is 26.8 Å². The first-order valence-electron chi connectivity index (χ1n) is 14.1. The number of likely N-dealkylation sites (tertiary alicyclic amines) is 2. The van der Waals surface area contributed by atoms with Crippen LogP contribution in [0.2, 0.25) is 0 Å². The maximum absolute atomic E-state index is 12.6. The third-order valence-electron chi connectivity index (χ3n) is 9.36. The highest BCUT2D eigenvalue weighted by Gasteiger charge is 2.73. The van der Waals surface area contributed by atoms with Crippen molar-refractivity contribution < 1.29 is 27.8 Å². The van der Waals surface area contributed by atoms with Crippen molar-refractivity contribution in [3.63, 3.8) is 0 Å². The lowest BCUT2D eigenvalue weighted by Crippen LogP contribution is -2.51. The molecule has 0 aromatic carbocycles. The van der Waals surface area contributed by atoms with Crippen LogP contribution in [0, 0.1) is 11.8 Å². The third kappa shape index (κ3) is 5.91. The minimum absolute atomic E-state index is 0.0140. The van der Waals surface area contributed by atoms with Crippen molar-refractivity contribution in [2.24, 2.45) is 11.8 Å². The average molecular weight is 511 g/mol. The van der Waals surface area contributed by atoms with Gasteiger partial charge in [-0.25, -0.2) is 13.6 Å². The number of allylic oxidation sites excluding steroid dienone is 1. The average Bonchev–Trinajstić information content (AvgIpc) is 3.69. The summed E-state index contributed by atoms with van der Waals surface area (Å²) in [5.74, 6) is 1.18. The molecule has 0 aromatic rings. The van der Waals surface area contributed by atoms with Crippen LogP contribution in [0.25, 0.3) is 0 Å². The Labute approximate surface area is 214 Å². The summed E-state index contributed by atoms with van der Waals surface area (Å²) in [5, 5.41) is 0. The summed E-state index contributed by atoms with van der Waals surface area (Å²) >= 11 is 0. The van der Waals surface area contributed by atoms with E-state index in [4.69, 9.17) is 14.2 Å². The summed E-state index contributed by atoms with van der Waals surface area (Å²) in [6.45, 7) is 9.47. The first-order valence-corrected chi connectivity index (χ1v) is 14.1. The molecule has 36 heavy (non-hydrogen) atoms. The molecule has 5 fully saturated rings. The zero-order valence-electron chi connectivity index (χ0n) is 22.2. The predicted octanol–water partition coefficient (Wildman–Crippen LogP) is 5.41. The Bertz CT molecular complexity index is 812. The summed E-state index contributed by atoms with van der Waals surface area (Å²) in [6.07, 6.45) is 9.07. The molecule has 1 saturated carbocycles. The van der Waals surface area contributed by atoms with E-state index in [0.717, 1.165) is 84.0 Å². The van der Waals surface area contributed by atoms with Crippen LogP contribution in [0.15, 0.2) is 11.6 Å². The van der Waals surface area contributed by atoms with E-state index in [0.29, 0.717) is 11.8 Å². The van der Waals surface area contributed by atoms with Crippen LogP contribution in [0.5, 0.6) is 0 Å². The Kier molecular flexibility index (Phi) is 7.68. The molecule has 1 amide bonds. The number of hydrogen-bond acceptors (Lipinski definition) is 5. The largest absolute Gasteiger partial charge is 0.446 e. The molecule has 0 N–H and O–H groups in total. The summed E-state index contributed by atoms with van der Waals surface area (Å²) in [4.78, 5) is 16.3. The van der Waals surface area contributed by atoms with E-state index in [1.165, 1.54) is 5.57 Å². The first-order chi connectivity index (χ1) is 17.2. The number of ether oxygens (including phenoxy) is 3. The topological polar surface area (TPSA) is 57.8 Å². The predicted molar refractivity (Wildman–Crippen MR) is 133 cm³/mol. The highest BCUT2D eigenvalue weighted by Crippen LogP contribution is 2.60. The quantitative estimate of drug-likeness (QED) is 0.307. The van der Waals surface area contributed by atoms with E-state index in [1.807, 2.05) is 9.80 Å². The second kappa shape index (κ2) is 10.5. The van der Waals surface area contributed by atoms with Crippen molar-refractivity contribution >= 4 is 6.09 Å². The van der Waals surface area contributed by atoms with Crippen LogP contribution >= 0.6 is 0 Å². The number of hydrogen-bond donors (Lipinski definition) is 0. The van der Waals surface area contributed by atoms with E-state index < -0.39 is 6.43 Å². The number of carbonyl (C=O) groups excluding carboxylic acids is 1. The standard InChI is InChI=1S/C28H44F2N2O4/c1-19(2)4-7-23-27(3,35-23)25-28(36-25)12-8-22(9-13-28)34-26(33)32-16-21(17-32)6-5-20-10-14-31(15-11-20)18-24(29)30/h4,20-25H,5-18H2,1-3H3/t22?,23-,25?,27-,28?/m1/s1. The number of amides is 1. The van der Waals surface area contributed by atoms with Crippen LogP contribution in [0.3, 0.4) is 0 Å². The number of halogens is 2. The summed E-state index contributed by atoms with van der Waals surface area (Å²) < 4.78 is 43.2. The van der Waals surface area contributed by atoms with E-state index in [9.17, 15) is 13.6 Å². The molecule has 5 rings (SSSR count). The highest BCUT2D eigenvalue weighted by atomic mass is 19.3. The second-order valence-corrected chi connectivity index (χ2v) is 12.4. The van der Waals surface area contributed by atoms with Gasteiger partial charge in [0.25, 0.3) is 6.43 Å². The zero-order chi connectivity index (χ0) is 25.5. The monoisotopic (exact) mass is 510 g/mol. The van der Waals surface area contributed by atoms with Gasteiger partial charge in [0.2, 0.25) is 0 Å². The summed E-state index contributed by atoms with van der Waals surface area (Å²) in [5.41, 5.74) is 1.08. The van der Waals surface area contributed by atoms with Crippen LogP contribution in [0.4, 0.5) is 13.6 Å². The Morgan fingerprint density at radius 2 is 1.72 bits per heavy atom. The van der Waals surface area contributed by atoms with E-state index >= 15 is 0 Å². The first kappa shape index (κ1) is 26.4. The molecule has 8 heteroatoms. The lowest BCUT2D eigenvalue weighted by Gasteiger charge is -2.40. The Balaban J connectivity index is 0.945. The molecule has 0 bridgehead atoms. The molecule has 6 nitrogen and oxygen atoms in total. The molecule has 0 radical (unpaired) electrons. The summed E-state index contributed by atoms with van der Waals surface area (Å²) in [6, 6.07) is 0. The van der Waals surface area contributed by atoms with Gasteiger partial charge in [-0.1, -0.05) is 11.6 Å². The Hall–Kier alpha value is -1.25. The number of piperidine rings is 1. The normalized spacial score (nSPS) is 37.2. The third-order valence-corrected chi connectivity index (χ3v) is 9.36. The Morgan fingerprint density at radius 3 is 2.36 bits per heavy atom. The van der Waals surface area contributed by atoms with Gasteiger partial charge in [0.05, 0.1) is 18.2 Å². The molecular weight excluding hydrogens is 466 g/mol. The molecule has 5 aliphatic rings. The van der Waals surface area contributed by atoms with Gasteiger partial charge in [-0.3, -0.25) is 4.90 Å². The van der Waals surface area contributed by atoms with Crippen molar-refractivity contribution in [2.75, 3.05) is 32.7 Å². The van der Waals surface area contributed by atoms with Gasteiger partial charge in [-0.05, 0) is 103 Å². The van der Waals surface area contributed by atoms with Gasteiger partial charge in [0.1, 0.15) is 17.8 Å². The molecule has 204 valence electrons. The maximum Gasteiger partial charge on any atom is 0.410 e. The summed E-state index contributed by atoms with van der Waals surface area (Å²) in [7, 11) is 0. The molecule has 1 aliphatic carbocycles. The fourth-order valence-electron chi connectivity index (χ4n) is 6.79. The zero-order valence-corrected chi connectivity index (χ0v) is 22.2.